The highest BCUT2D eigenvalue weighted by molar-refractivity contribution is 6.12. The second-order valence-electron chi connectivity index (χ2n) is 9.42. The molecule has 0 saturated carbocycles. The fourth-order valence-electron chi connectivity index (χ4n) is 4.61. The molecule has 198 valence electrons. The summed E-state index contributed by atoms with van der Waals surface area (Å²) in [5, 5.41) is 0. The summed E-state index contributed by atoms with van der Waals surface area (Å²) in [6, 6.07) is 28.4. The van der Waals surface area contributed by atoms with Crippen LogP contribution in [-0.4, -0.2) is 26.5 Å². The van der Waals surface area contributed by atoms with E-state index in [9.17, 15) is 0 Å². The minimum absolute atomic E-state index is 0.470. The van der Waals surface area contributed by atoms with E-state index in [2.05, 4.69) is 37.3 Å². The first-order valence-electron chi connectivity index (χ1n) is 13.1. The lowest BCUT2D eigenvalue weighted by Crippen LogP contribution is -2.12. The Labute approximate surface area is 230 Å². The van der Waals surface area contributed by atoms with E-state index in [-0.39, 0.29) is 0 Å². The van der Waals surface area contributed by atoms with Crippen LogP contribution in [-0.2, 0) is 19.6 Å². The maximum Gasteiger partial charge on any atom is 0.162 e. The summed E-state index contributed by atoms with van der Waals surface area (Å²) < 4.78 is 23.6. The van der Waals surface area contributed by atoms with Crippen LogP contribution in [0, 0.1) is 6.92 Å². The van der Waals surface area contributed by atoms with Gasteiger partial charge in [-0.3, -0.25) is 4.99 Å². The van der Waals surface area contributed by atoms with Gasteiger partial charge in [0.05, 0.1) is 19.9 Å². The van der Waals surface area contributed by atoms with Crippen molar-refractivity contribution in [3.63, 3.8) is 0 Å². The highest BCUT2D eigenvalue weighted by Gasteiger charge is 2.18. The van der Waals surface area contributed by atoms with E-state index in [4.69, 9.17) is 23.9 Å². The lowest BCUT2D eigenvalue weighted by molar-refractivity contribution is 0.284. The van der Waals surface area contributed by atoms with Gasteiger partial charge in [-0.05, 0) is 71.5 Å². The molecule has 5 heteroatoms. The zero-order valence-corrected chi connectivity index (χ0v) is 22.6. The zero-order valence-electron chi connectivity index (χ0n) is 22.6. The Balaban J connectivity index is 1.37. The Hall–Kier alpha value is -4.51. The van der Waals surface area contributed by atoms with Crippen LogP contribution < -0.4 is 18.9 Å². The number of nitrogens with zero attached hydrogens (tertiary/aromatic N) is 1. The van der Waals surface area contributed by atoms with Crippen LogP contribution in [0.2, 0.25) is 0 Å². The van der Waals surface area contributed by atoms with E-state index >= 15 is 0 Å². The van der Waals surface area contributed by atoms with Gasteiger partial charge in [-0.1, -0.05) is 66.7 Å². The van der Waals surface area contributed by atoms with Gasteiger partial charge in [0.25, 0.3) is 0 Å². The fraction of sp³-hybridized carbons (Fsp3) is 0.206. The summed E-state index contributed by atoms with van der Waals surface area (Å²) in [5.74, 6) is 2.87. The molecule has 0 radical (unpaired) electrons. The van der Waals surface area contributed by atoms with E-state index in [1.807, 2.05) is 66.7 Å². The zero-order chi connectivity index (χ0) is 27.0. The lowest BCUT2D eigenvalue weighted by Gasteiger charge is -2.19. The molecule has 39 heavy (non-hydrogen) atoms. The molecule has 4 aromatic rings. The first-order chi connectivity index (χ1) is 19.1. The summed E-state index contributed by atoms with van der Waals surface area (Å²) in [7, 11) is 3.34. The molecule has 1 aliphatic heterocycles. The molecule has 0 atom stereocenters. The number of ether oxygens (including phenoxy) is 4. The van der Waals surface area contributed by atoms with Crippen molar-refractivity contribution in [2.45, 2.75) is 26.6 Å². The van der Waals surface area contributed by atoms with Gasteiger partial charge >= 0.3 is 0 Å². The monoisotopic (exact) mass is 519 g/mol. The van der Waals surface area contributed by atoms with Gasteiger partial charge in [-0.25, -0.2) is 0 Å². The third kappa shape index (κ3) is 6.32. The van der Waals surface area contributed by atoms with Crippen molar-refractivity contribution in [2.24, 2.45) is 4.99 Å². The van der Waals surface area contributed by atoms with E-state index in [0.29, 0.717) is 30.5 Å². The summed E-state index contributed by atoms with van der Waals surface area (Å²) in [6.07, 6.45) is 5.01. The number of aliphatic imine (C=N–C) groups is 1. The third-order valence-electron chi connectivity index (χ3n) is 6.78. The second-order valence-corrected chi connectivity index (χ2v) is 9.42. The number of fused-ring (bicyclic) bond motifs is 1. The quantitative estimate of drug-likeness (QED) is 0.222. The van der Waals surface area contributed by atoms with Gasteiger partial charge in [0.15, 0.2) is 23.0 Å². The van der Waals surface area contributed by atoms with Crippen LogP contribution in [0.3, 0.4) is 0 Å². The number of methoxy groups -OCH3 is 2. The first kappa shape index (κ1) is 26.1. The third-order valence-corrected chi connectivity index (χ3v) is 6.78. The van der Waals surface area contributed by atoms with Crippen LogP contribution in [0.4, 0.5) is 0 Å². The highest BCUT2D eigenvalue weighted by Crippen LogP contribution is 2.35. The summed E-state index contributed by atoms with van der Waals surface area (Å²) in [5.41, 5.74) is 7.54. The highest BCUT2D eigenvalue weighted by atomic mass is 16.5. The van der Waals surface area contributed by atoms with E-state index in [1.165, 1.54) is 5.56 Å². The summed E-state index contributed by atoms with van der Waals surface area (Å²) in [6.45, 7) is 3.75. The molecule has 5 rings (SSSR count). The van der Waals surface area contributed by atoms with E-state index < -0.39 is 0 Å². The Morgan fingerprint density at radius 1 is 0.692 bits per heavy atom. The first-order valence-corrected chi connectivity index (χ1v) is 13.1. The molecular formula is C34H33NO4. The molecule has 0 aromatic heterocycles. The Morgan fingerprint density at radius 2 is 1.28 bits per heavy atom. The largest absolute Gasteiger partial charge is 0.493 e. The SMILES string of the molecule is COc1cc(C)c(C=CC2=NCCc3cc(OCc4ccccc4)c(OC)cc32)cc1OCc1ccccc1. The smallest absolute Gasteiger partial charge is 0.162 e. The molecule has 0 bridgehead atoms. The maximum absolute atomic E-state index is 6.14. The molecule has 0 amide bonds. The van der Waals surface area contributed by atoms with Crippen molar-refractivity contribution in [3.8, 4) is 23.0 Å². The molecule has 1 heterocycles. The molecule has 1 aliphatic rings. The number of hydrogen-bond acceptors (Lipinski definition) is 5. The lowest BCUT2D eigenvalue weighted by atomic mass is 9.95. The molecule has 0 fully saturated rings. The van der Waals surface area contributed by atoms with Gasteiger partial charge in [0.1, 0.15) is 13.2 Å². The normalized spacial score (nSPS) is 12.5. The van der Waals surface area contributed by atoms with Crippen LogP contribution >= 0.6 is 0 Å². The van der Waals surface area contributed by atoms with Crippen molar-refractivity contribution >= 4 is 11.8 Å². The van der Waals surface area contributed by atoms with Crippen molar-refractivity contribution in [1.82, 2.24) is 0 Å². The van der Waals surface area contributed by atoms with Crippen LogP contribution in [0.5, 0.6) is 23.0 Å². The van der Waals surface area contributed by atoms with Gasteiger partial charge in [-0.15, -0.1) is 0 Å². The van der Waals surface area contributed by atoms with Crippen LogP contribution in [0.25, 0.3) is 6.08 Å². The molecule has 4 aromatic carbocycles. The molecule has 0 saturated heterocycles. The Bertz CT molecular complexity index is 1480. The molecule has 0 aliphatic carbocycles. The predicted molar refractivity (Wildman–Crippen MR) is 156 cm³/mol. The maximum atomic E-state index is 6.14. The molecule has 0 unspecified atom stereocenters. The minimum Gasteiger partial charge on any atom is -0.493 e. The standard InChI is InChI=1S/C34H33NO4/c1-24-18-31(36-2)33(38-22-25-10-6-4-7-11-25)19-27(24)14-15-30-29-21-32(37-3)34(20-28(29)16-17-35-30)39-23-26-12-8-5-9-13-26/h4-15,18-21H,16-17,22-23H2,1-3H3. The number of hydrogen-bond donors (Lipinski definition) is 0. The van der Waals surface area contributed by atoms with Crippen molar-refractivity contribution in [2.75, 3.05) is 20.8 Å². The molecule has 5 nitrogen and oxygen atoms in total. The van der Waals surface area contributed by atoms with E-state index in [0.717, 1.165) is 52.2 Å². The number of benzene rings is 4. The molecule has 0 N–H and O–H groups in total. The van der Waals surface area contributed by atoms with Crippen LogP contribution in [0.15, 0.2) is 96.0 Å². The van der Waals surface area contributed by atoms with E-state index in [1.54, 1.807) is 14.2 Å². The molecule has 0 spiro atoms. The Morgan fingerprint density at radius 3 is 1.90 bits per heavy atom. The average molecular weight is 520 g/mol. The van der Waals surface area contributed by atoms with Gasteiger partial charge in [0, 0.05) is 12.1 Å². The number of rotatable bonds is 10. The second kappa shape index (κ2) is 12.4. The van der Waals surface area contributed by atoms with Crippen molar-refractivity contribution in [1.29, 1.82) is 0 Å². The van der Waals surface area contributed by atoms with Gasteiger partial charge in [0.2, 0.25) is 0 Å². The van der Waals surface area contributed by atoms with Crippen LogP contribution in [0.1, 0.15) is 33.4 Å². The molecular weight excluding hydrogens is 486 g/mol. The Kier molecular flexibility index (Phi) is 8.27. The fourth-order valence-corrected chi connectivity index (χ4v) is 4.61. The average Bonchev–Trinajstić information content (AvgIpc) is 2.99. The number of allylic oxidation sites excluding steroid dienone is 1. The minimum atomic E-state index is 0.470. The topological polar surface area (TPSA) is 49.3 Å². The summed E-state index contributed by atoms with van der Waals surface area (Å²) >= 11 is 0. The van der Waals surface area contributed by atoms with Gasteiger partial charge < -0.3 is 18.9 Å². The summed E-state index contributed by atoms with van der Waals surface area (Å²) in [4.78, 5) is 4.82. The van der Waals surface area contributed by atoms with Crippen molar-refractivity contribution in [3.05, 3.63) is 124 Å². The van der Waals surface area contributed by atoms with Crippen molar-refractivity contribution < 1.29 is 18.9 Å². The predicted octanol–water partition coefficient (Wildman–Crippen LogP) is 7.23. The number of aryl methyl sites for hydroxylation is 1. The van der Waals surface area contributed by atoms with Gasteiger partial charge in [-0.2, -0.15) is 0 Å².